The minimum Gasteiger partial charge on any atom is -0.336 e. The number of hydrogen-bond acceptors (Lipinski definition) is 6. The maximum Gasteiger partial charge on any atom is 0.224 e. The van der Waals surface area contributed by atoms with Gasteiger partial charge in [0, 0.05) is 36.1 Å². The topological polar surface area (TPSA) is 125 Å². The molecule has 0 spiro atoms. The fourth-order valence-corrected chi connectivity index (χ4v) is 4.31. The largest absolute Gasteiger partial charge is 0.336 e. The molecule has 0 atom stereocenters. The Morgan fingerprint density at radius 3 is 2.78 bits per heavy atom. The number of carbonyl (C=O) groups excluding carboxylic acids is 1. The Morgan fingerprint density at radius 1 is 1.03 bits per heavy atom. The van der Waals surface area contributed by atoms with Gasteiger partial charge in [-0.3, -0.25) is 24.8 Å². The molecule has 6 aromatic rings. The van der Waals surface area contributed by atoms with Gasteiger partial charge in [0.15, 0.2) is 5.82 Å². The molecule has 6 rings (SSSR count). The van der Waals surface area contributed by atoms with Gasteiger partial charge in [-0.15, -0.1) is 0 Å². The normalized spacial score (nSPS) is 11.3. The molecule has 0 saturated heterocycles. The van der Waals surface area contributed by atoms with Crippen molar-refractivity contribution in [2.45, 2.75) is 19.8 Å². The molecule has 1 aromatic carbocycles. The van der Waals surface area contributed by atoms with Crippen LogP contribution >= 0.6 is 0 Å². The highest BCUT2D eigenvalue weighted by Crippen LogP contribution is 2.35. The first-order valence-electron chi connectivity index (χ1n) is 11.8. The second kappa shape index (κ2) is 9.23. The van der Waals surface area contributed by atoms with Crippen LogP contribution < -0.4 is 5.32 Å². The van der Waals surface area contributed by atoms with Crippen LogP contribution in [0.5, 0.6) is 0 Å². The number of H-pyrrole nitrogens is 2. The Labute approximate surface area is 210 Å². The van der Waals surface area contributed by atoms with E-state index in [0.29, 0.717) is 62.6 Å². The van der Waals surface area contributed by atoms with Gasteiger partial charge in [0.1, 0.15) is 22.7 Å². The fraction of sp³-hybridized carbons (Fsp3) is 0.111. The van der Waals surface area contributed by atoms with E-state index >= 15 is 4.39 Å². The molecule has 0 fully saturated rings. The summed E-state index contributed by atoms with van der Waals surface area (Å²) in [7, 11) is 0. The highest BCUT2D eigenvalue weighted by molar-refractivity contribution is 5.98. The molecule has 1 amide bonds. The number of pyridine rings is 3. The average Bonchev–Trinajstić information content (AvgIpc) is 3.54. The van der Waals surface area contributed by atoms with E-state index in [0.717, 1.165) is 11.9 Å². The van der Waals surface area contributed by atoms with Gasteiger partial charge in [-0.2, -0.15) is 5.10 Å². The number of aromatic nitrogens is 7. The summed E-state index contributed by atoms with van der Waals surface area (Å²) < 4.78 is 16.0. The fourth-order valence-electron chi connectivity index (χ4n) is 4.31. The van der Waals surface area contributed by atoms with Gasteiger partial charge in [0.05, 0.1) is 34.0 Å². The minimum atomic E-state index is -0.469. The van der Waals surface area contributed by atoms with Crippen LogP contribution in [-0.4, -0.2) is 41.0 Å². The van der Waals surface area contributed by atoms with Gasteiger partial charge >= 0.3 is 0 Å². The summed E-state index contributed by atoms with van der Waals surface area (Å²) in [6, 6.07) is 12.5. The number of imidazole rings is 1. The highest BCUT2D eigenvalue weighted by atomic mass is 19.1. The van der Waals surface area contributed by atoms with Crippen LogP contribution in [0.3, 0.4) is 0 Å². The van der Waals surface area contributed by atoms with E-state index in [2.05, 4.69) is 35.5 Å². The number of rotatable bonds is 6. The highest BCUT2D eigenvalue weighted by Gasteiger charge is 2.21. The maximum absolute atomic E-state index is 16.0. The molecule has 5 aromatic heterocycles. The monoisotopic (exact) mass is 492 g/mol. The minimum absolute atomic E-state index is 0.112. The van der Waals surface area contributed by atoms with Crippen LogP contribution in [-0.2, 0) is 4.79 Å². The Kier molecular flexibility index (Phi) is 5.61. The smallest absolute Gasteiger partial charge is 0.224 e. The van der Waals surface area contributed by atoms with Gasteiger partial charge in [0.2, 0.25) is 5.91 Å². The van der Waals surface area contributed by atoms with Crippen molar-refractivity contribution in [2.75, 3.05) is 5.32 Å². The van der Waals surface area contributed by atoms with E-state index in [-0.39, 0.29) is 5.91 Å². The summed E-state index contributed by atoms with van der Waals surface area (Å²) in [6.45, 7) is 1.93. The van der Waals surface area contributed by atoms with Crippen molar-refractivity contribution < 1.29 is 9.18 Å². The van der Waals surface area contributed by atoms with Crippen LogP contribution in [0.4, 0.5) is 10.1 Å². The van der Waals surface area contributed by atoms with Gasteiger partial charge in [-0.05, 0) is 42.8 Å². The number of benzene rings is 1. The van der Waals surface area contributed by atoms with E-state index in [4.69, 9.17) is 4.98 Å². The molecular weight excluding hydrogens is 471 g/mol. The number of carbonyl (C=O) groups is 1. The quantitative estimate of drug-likeness (QED) is 0.282. The van der Waals surface area contributed by atoms with E-state index in [1.807, 2.05) is 25.1 Å². The van der Waals surface area contributed by atoms with Crippen molar-refractivity contribution in [1.29, 1.82) is 0 Å². The molecule has 5 heterocycles. The Morgan fingerprint density at radius 2 is 1.95 bits per heavy atom. The first kappa shape index (κ1) is 22.5. The van der Waals surface area contributed by atoms with E-state index in [1.54, 1.807) is 49.1 Å². The van der Waals surface area contributed by atoms with E-state index < -0.39 is 5.82 Å². The van der Waals surface area contributed by atoms with Gasteiger partial charge in [-0.1, -0.05) is 13.0 Å². The van der Waals surface area contributed by atoms with Crippen molar-refractivity contribution in [3.8, 4) is 34.0 Å². The van der Waals surface area contributed by atoms with Gasteiger partial charge < -0.3 is 10.3 Å². The second-order valence-corrected chi connectivity index (χ2v) is 8.54. The predicted molar refractivity (Wildman–Crippen MR) is 139 cm³/mol. The number of anilines is 1. The number of halogens is 1. The maximum atomic E-state index is 16.0. The van der Waals surface area contributed by atoms with Crippen LogP contribution in [0, 0.1) is 5.82 Å². The average molecular weight is 493 g/mol. The summed E-state index contributed by atoms with van der Waals surface area (Å²) in [5, 5.41) is 10.4. The van der Waals surface area contributed by atoms with Crippen molar-refractivity contribution >= 4 is 33.5 Å². The van der Waals surface area contributed by atoms with E-state index in [1.165, 1.54) is 0 Å². The molecule has 0 bridgehead atoms. The molecule has 0 aliphatic rings. The van der Waals surface area contributed by atoms with Crippen LogP contribution in [0.15, 0.2) is 67.3 Å². The lowest BCUT2D eigenvalue weighted by atomic mass is 10.0. The first-order chi connectivity index (χ1) is 18.1. The molecule has 37 heavy (non-hydrogen) atoms. The standard InChI is InChI=1S/C27H21FN8O/c1-2-5-21(37)32-16-12-15(13-29-14-16)17-7-8-18-22(23(17)28)26(36-35-18)27-33-20-9-11-31-24(25(20)34-27)19-6-3-4-10-30-19/h3-4,6-14H,2,5H2,1H3,(H,32,37)(H,33,34)(H,35,36). The summed E-state index contributed by atoms with van der Waals surface area (Å²) in [6.07, 6.45) is 7.60. The lowest BCUT2D eigenvalue weighted by molar-refractivity contribution is -0.116. The number of amides is 1. The van der Waals surface area contributed by atoms with Crippen LogP contribution in [0.1, 0.15) is 19.8 Å². The summed E-state index contributed by atoms with van der Waals surface area (Å²) >= 11 is 0. The lowest BCUT2D eigenvalue weighted by Gasteiger charge is -2.08. The third kappa shape index (κ3) is 4.08. The second-order valence-electron chi connectivity index (χ2n) is 8.54. The third-order valence-electron chi connectivity index (χ3n) is 6.01. The Bertz CT molecular complexity index is 1760. The number of hydrogen-bond donors (Lipinski definition) is 3. The zero-order chi connectivity index (χ0) is 25.4. The van der Waals surface area contributed by atoms with Crippen LogP contribution in [0.2, 0.25) is 0 Å². The Hall–Kier alpha value is -4.99. The van der Waals surface area contributed by atoms with Crippen molar-refractivity contribution in [3.63, 3.8) is 0 Å². The molecule has 0 aliphatic heterocycles. The molecule has 0 radical (unpaired) electrons. The zero-order valence-corrected chi connectivity index (χ0v) is 19.8. The molecule has 3 N–H and O–H groups in total. The number of aromatic amines is 2. The van der Waals surface area contributed by atoms with E-state index in [9.17, 15) is 4.79 Å². The number of nitrogens with zero attached hydrogens (tertiary/aromatic N) is 5. The zero-order valence-electron chi connectivity index (χ0n) is 19.8. The molecule has 182 valence electrons. The molecule has 0 unspecified atom stereocenters. The summed E-state index contributed by atoms with van der Waals surface area (Å²) in [5.41, 5.74) is 4.90. The third-order valence-corrected chi connectivity index (χ3v) is 6.01. The number of fused-ring (bicyclic) bond motifs is 2. The first-order valence-corrected chi connectivity index (χ1v) is 11.8. The SMILES string of the molecule is CCCC(=O)Nc1cncc(-c2ccc3[nH]nc(-c4nc5c(-c6ccccn6)nccc5[nH]4)c3c2F)c1. The Balaban J connectivity index is 1.44. The molecular formula is C27H21FN8O. The molecule has 10 heteroatoms. The molecule has 9 nitrogen and oxygen atoms in total. The predicted octanol–water partition coefficient (Wildman–Crippen LogP) is 5.50. The van der Waals surface area contributed by atoms with Gasteiger partial charge in [0.25, 0.3) is 0 Å². The molecule has 0 aliphatic carbocycles. The van der Waals surface area contributed by atoms with Gasteiger partial charge in [-0.25, -0.2) is 9.37 Å². The lowest BCUT2D eigenvalue weighted by Crippen LogP contribution is -2.10. The van der Waals surface area contributed by atoms with Crippen molar-refractivity contribution in [1.82, 2.24) is 35.1 Å². The number of nitrogens with one attached hydrogen (secondary N) is 3. The van der Waals surface area contributed by atoms with Crippen LogP contribution in [0.25, 0.3) is 56.0 Å². The van der Waals surface area contributed by atoms with Crippen molar-refractivity contribution in [2.24, 2.45) is 0 Å². The van der Waals surface area contributed by atoms with Crippen molar-refractivity contribution in [3.05, 3.63) is 73.1 Å². The summed E-state index contributed by atoms with van der Waals surface area (Å²) in [5.74, 6) is -0.177. The summed E-state index contributed by atoms with van der Waals surface area (Å²) in [4.78, 5) is 33.0. The molecule has 0 saturated carbocycles.